The SMILES string of the molecule is Nc1ccc2[nH]c(=O)n(-c3ccc(C[C@H](NC(=O)C4=Nc5ccccc5C4F)C(=O)O)cc3)c(=O)c2c1. The van der Waals surface area contributed by atoms with E-state index in [1.54, 1.807) is 30.3 Å². The van der Waals surface area contributed by atoms with E-state index in [4.69, 9.17) is 5.73 Å². The maximum absolute atomic E-state index is 14.7. The number of carbonyl (C=O) groups excluding carboxylic acids is 1. The van der Waals surface area contributed by atoms with Gasteiger partial charge in [0, 0.05) is 17.7 Å². The van der Waals surface area contributed by atoms with Gasteiger partial charge in [0.2, 0.25) is 0 Å². The summed E-state index contributed by atoms with van der Waals surface area (Å²) in [4.78, 5) is 56.6. The average molecular weight is 501 g/mol. The zero-order valence-electron chi connectivity index (χ0n) is 19.1. The van der Waals surface area contributed by atoms with Crippen LogP contribution in [0.4, 0.5) is 15.8 Å². The molecule has 2 heterocycles. The summed E-state index contributed by atoms with van der Waals surface area (Å²) >= 11 is 0. The Balaban J connectivity index is 1.36. The largest absolute Gasteiger partial charge is 0.480 e. The molecule has 0 fully saturated rings. The first-order valence-electron chi connectivity index (χ1n) is 11.2. The summed E-state index contributed by atoms with van der Waals surface area (Å²) in [5, 5.41) is 12.2. The Bertz CT molecular complexity index is 1710. The molecule has 1 aromatic heterocycles. The first-order chi connectivity index (χ1) is 17.7. The minimum Gasteiger partial charge on any atom is -0.480 e. The number of nitrogens with zero attached hydrogens (tertiary/aromatic N) is 2. The smallest absolute Gasteiger partial charge is 0.333 e. The second kappa shape index (κ2) is 9.19. The van der Waals surface area contributed by atoms with Crippen molar-refractivity contribution in [3.8, 4) is 5.69 Å². The van der Waals surface area contributed by atoms with E-state index in [-0.39, 0.29) is 23.1 Å². The van der Waals surface area contributed by atoms with Crippen molar-refractivity contribution < 1.29 is 19.1 Å². The molecule has 0 aliphatic carbocycles. The van der Waals surface area contributed by atoms with Crippen molar-refractivity contribution in [2.75, 3.05) is 5.73 Å². The van der Waals surface area contributed by atoms with Gasteiger partial charge in [0.05, 0.1) is 22.3 Å². The van der Waals surface area contributed by atoms with E-state index in [1.807, 2.05) is 0 Å². The summed E-state index contributed by atoms with van der Waals surface area (Å²) in [5.41, 5.74) is 6.20. The Labute approximate surface area is 207 Å². The molecule has 0 saturated heterocycles. The number of aliphatic imine (C=N–C) groups is 1. The predicted molar refractivity (Wildman–Crippen MR) is 135 cm³/mol. The van der Waals surface area contributed by atoms with E-state index >= 15 is 0 Å². The van der Waals surface area contributed by atoms with Crippen molar-refractivity contribution in [2.24, 2.45) is 4.99 Å². The van der Waals surface area contributed by atoms with Gasteiger partial charge < -0.3 is 21.1 Å². The molecule has 5 rings (SSSR count). The van der Waals surface area contributed by atoms with E-state index in [9.17, 15) is 28.7 Å². The number of halogens is 1. The third-order valence-electron chi connectivity index (χ3n) is 6.08. The average Bonchev–Trinajstić information content (AvgIpc) is 3.22. The van der Waals surface area contributed by atoms with Gasteiger partial charge in [-0.3, -0.25) is 9.59 Å². The van der Waals surface area contributed by atoms with Crippen LogP contribution in [0.3, 0.4) is 0 Å². The van der Waals surface area contributed by atoms with Gasteiger partial charge >= 0.3 is 11.7 Å². The molecule has 2 atom stereocenters. The van der Waals surface area contributed by atoms with Gasteiger partial charge in [0.15, 0.2) is 6.17 Å². The topological polar surface area (TPSA) is 160 Å². The fourth-order valence-electron chi connectivity index (χ4n) is 4.22. The number of fused-ring (bicyclic) bond motifs is 2. The van der Waals surface area contributed by atoms with E-state index in [0.717, 1.165) is 4.57 Å². The van der Waals surface area contributed by atoms with Gasteiger partial charge in [-0.25, -0.2) is 23.5 Å². The normalized spacial score (nSPS) is 15.2. The van der Waals surface area contributed by atoms with Crippen molar-refractivity contribution in [1.29, 1.82) is 0 Å². The van der Waals surface area contributed by atoms with Crippen LogP contribution in [0.5, 0.6) is 0 Å². The lowest BCUT2D eigenvalue weighted by Gasteiger charge is -2.16. The standard InChI is InChI=1S/C26H20FN5O5/c27-21-16-3-1-2-4-18(16)29-22(21)23(33)30-20(25(35)36)11-13-5-8-15(9-6-13)32-24(34)17-12-14(28)7-10-19(17)31-26(32)37/h1-10,12,20-21H,11,28H2,(H,30,33)(H,31,37)(H,35,36)/t20-,21?/m0/s1. The maximum atomic E-state index is 14.7. The number of nitrogens with one attached hydrogen (secondary N) is 2. The Morgan fingerprint density at radius 3 is 2.54 bits per heavy atom. The first-order valence-corrected chi connectivity index (χ1v) is 11.2. The van der Waals surface area contributed by atoms with Crippen LogP contribution in [0, 0.1) is 0 Å². The second-order valence-electron chi connectivity index (χ2n) is 8.53. The van der Waals surface area contributed by atoms with Crippen molar-refractivity contribution in [3.63, 3.8) is 0 Å². The van der Waals surface area contributed by atoms with Gasteiger partial charge in [-0.2, -0.15) is 0 Å². The molecule has 11 heteroatoms. The first kappa shape index (κ1) is 23.7. The molecule has 5 N–H and O–H groups in total. The van der Waals surface area contributed by atoms with Crippen LogP contribution in [-0.2, 0) is 16.0 Å². The Morgan fingerprint density at radius 1 is 1.11 bits per heavy atom. The van der Waals surface area contributed by atoms with E-state index in [0.29, 0.717) is 22.5 Å². The van der Waals surface area contributed by atoms with Crippen LogP contribution >= 0.6 is 0 Å². The number of hydrogen-bond acceptors (Lipinski definition) is 6. The van der Waals surface area contributed by atoms with Crippen molar-refractivity contribution in [3.05, 3.63) is 98.7 Å². The zero-order valence-corrected chi connectivity index (χ0v) is 19.1. The number of aliphatic carboxylic acids is 1. The van der Waals surface area contributed by atoms with Crippen LogP contribution in [0.1, 0.15) is 17.3 Å². The van der Waals surface area contributed by atoms with Gasteiger partial charge in [0.25, 0.3) is 11.5 Å². The Morgan fingerprint density at radius 2 is 1.84 bits per heavy atom. The molecule has 1 aliphatic rings. The summed E-state index contributed by atoms with van der Waals surface area (Å²) in [6.45, 7) is 0. The molecule has 1 amide bonds. The third kappa shape index (κ3) is 4.38. The van der Waals surface area contributed by atoms with E-state index < -0.39 is 41.1 Å². The molecule has 186 valence electrons. The molecular weight excluding hydrogens is 481 g/mol. The third-order valence-corrected chi connectivity index (χ3v) is 6.08. The summed E-state index contributed by atoms with van der Waals surface area (Å²) in [5.74, 6) is -2.23. The number of carboxylic acids is 1. The number of nitrogen functional groups attached to an aromatic ring is 1. The molecule has 10 nitrogen and oxygen atoms in total. The molecule has 0 radical (unpaired) electrons. The fraction of sp³-hybridized carbons (Fsp3) is 0.115. The molecule has 4 aromatic rings. The predicted octanol–water partition coefficient (Wildman–Crippen LogP) is 2.17. The highest BCUT2D eigenvalue weighted by Crippen LogP contribution is 2.36. The number of aromatic nitrogens is 2. The summed E-state index contributed by atoms with van der Waals surface area (Å²) in [6.07, 6.45) is -1.88. The molecule has 0 saturated carbocycles. The molecule has 37 heavy (non-hydrogen) atoms. The molecule has 1 aliphatic heterocycles. The lowest BCUT2D eigenvalue weighted by molar-refractivity contribution is -0.141. The van der Waals surface area contributed by atoms with E-state index in [2.05, 4.69) is 15.3 Å². The van der Waals surface area contributed by atoms with Crippen LogP contribution in [0.15, 0.2) is 81.3 Å². The Hall–Kier alpha value is -5.06. The number of H-pyrrole nitrogens is 1. The minimum absolute atomic E-state index is 0.127. The molecule has 0 spiro atoms. The summed E-state index contributed by atoms with van der Waals surface area (Å²) in [7, 11) is 0. The monoisotopic (exact) mass is 501 g/mol. The van der Waals surface area contributed by atoms with Crippen LogP contribution < -0.4 is 22.3 Å². The van der Waals surface area contributed by atoms with Crippen molar-refractivity contribution >= 4 is 39.9 Å². The number of carbonyl (C=O) groups is 2. The highest BCUT2D eigenvalue weighted by atomic mass is 19.1. The van der Waals surface area contributed by atoms with Crippen molar-refractivity contribution in [1.82, 2.24) is 14.9 Å². The number of alkyl halides is 1. The van der Waals surface area contributed by atoms with Crippen LogP contribution in [0.25, 0.3) is 16.6 Å². The summed E-state index contributed by atoms with van der Waals surface area (Å²) < 4.78 is 15.6. The number of aromatic amines is 1. The molecule has 3 aromatic carbocycles. The number of rotatable bonds is 6. The van der Waals surface area contributed by atoms with Gasteiger partial charge in [-0.05, 0) is 42.0 Å². The molecule has 1 unspecified atom stereocenters. The highest BCUT2D eigenvalue weighted by Gasteiger charge is 2.33. The zero-order chi connectivity index (χ0) is 26.3. The maximum Gasteiger partial charge on any atom is 0.333 e. The van der Waals surface area contributed by atoms with Crippen LogP contribution in [0.2, 0.25) is 0 Å². The number of amides is 1. The van der Waals surface area contributed by atoms with Gasteiger partial charge in [-0.1, -0.05) is 30.3 Å². The lowest BCUT2D eigenvalue weighted by Crippen LogP contribution is -2.45. The van der Waals surface area contributed by atoms with Gasteiger partial charge in [-0.15, -0.1) is 0 Å². The minimum atomic E-state index is -1.75. The molecule has 0 bridgehead atoms. The lowest BCUT2D eigenvalue weighted by atomic mass is 10.0. The van der Waals surface area contributed by atoms with Crippen LogP contribution in [-0.4, -0.2) is 38.3 Å². The highest BCUT2D eigenvalue weighted by molar-refractivity contribution is 6.42. The second-order valence-corrected chi connectivity index (χ2v) is 8.53. The Kier molecular flexibility index (Phi) is 5.88. The molecular formula is C26H20FN5O5. The summed E-state index contributed by atoms with van der Waals surface area (Å²) in [6, 6.07) is 15.6. The fourth-order valence-corrected chi connectivity index (χ4v) is 4.22. The van der Waals surface area contributed by atoms with E-state index in [1.165, 1.54) is 36.4 Å². The number of nitrogens with two attached hydrogens (primary N) is 1. The number of para-hydroxylation sites is 1. The van der Waals surface area contributed by atoms with Crippen molar-refractivity contribution in [2.45, 2.75) is 18.6 Å². The van der Waals surface area contributed by atoms with Gasteiger partial charge in [0.1, 0.15) is 11.8 Å². The quantitative estimate of drug-likeness (QED) is 0.296. The number of carboxylic acid groups (broad SMARTS) is 1. The number of benzene rings is 3. The number of anilines is 1. The number of hydrogen-bond donors (Lipinski definition) is 4.